The predicted molar refractivity (Wildman–Crippen MR) is 106 cm³/mol. The molecule has 1 unspecified atom stereocenters. The first-order chi connectivity index (χ1) is 13.4. The molecule has 0 bridgehead atoms. The molecule has 9 heteroatoms. The van der Waals surface area contributed by atoms with Crippen LogP contribution >= 0.6 is 11.8 Å². The molecule has 4 rings (SSSR count). The average Bonchev–Trinajstić information content (AvgIpc) is 3.26. The Hall–Kier alpha value is -3.07. The molecule has 0 aliphatic carbocycles. The predicted octanol–water partition coefficient (Wildman–Crippen LogP) is 2.16. The second-order valence-electron chi connectivity index (χ2n) is 6.51. The van der Waals surface area contributed by atoms with E-state index in [1.54, 1.807) is 31.3 Å². The molecule has 1 fully saturated rings. The number of carbonyl (C=O) groups is 2. The second kappa shape index (κ2) is 7.16. The molecular formula is C19H17FN4O3S. The number of rotatable bonds is 3. The fraction of sp³-hybridized carbons (Fsp3) is 0.211. The Bertz CT molecular complexity index is 1140. The minimum Gasteiger partial charge on any atom is -0.324 e. The summed E-state index contributed by atoms with van der Waals surface area (Å²) >= 11 is 1.47. The van der Waals surface area contributed by atoms with Crippen LogP contribution in [0, 0.1) is 5.82 Å². The lowest BCUT2D eigenvalue weighted by atomic mass is 10.1. The van der Waals surface area contributed by atoms with Gasteiger partial charge in [-0.15, -0.1) is 11.8 Å². The molecule has 0 spiro atoms. The van der Waals surface area contributed by atoms with E-state index >= 15 is 0 Å². The van der Waals surface area contributed by atoms with Crippen molar-refractivity contribution >= 4 is 40.3 Å². The molecule has 2 aromatic carbocycles. The van der Waals surface area contributed by atoms with Crippen LogP contribution in [0.15, 0.2) is 47.3 Å². The van der Waals surface area contributed by atoms with Gasteiger partial charge in [0.2, 0.25) is 5.91 Å². The van der Waals surface area contributed by atoms with E-state index in [-0.39, 0.29) is 17.5 Å². The van der Waals surface area contributed by atoms with Gasteiger partial charge in [0.25, 0.3) is 5.91 Å². The number of imidazole rings is 1. The van der Waals surface area contributed by atoms with Crippen LogP contribution in [0.3, 0.4) is 0 Å². The molecule has 0 radical (unpaired) electrons. The molecule has 1 aliphatic rings. The van der Waals surface area contributed by atoms with Crippen molar-refractivity contribution in [3.05, 3.63) is 64.3 Å². The number of hydrogen-bond acceptors (Lipinski definition) is 4. The van der Waals surface area contributed by atoms with Gasteiger partial charge in [0.15, 0.2) is 0 Å². The summed E-state index contributed by atoms with van der Waals surface area (Å²) in [5.41, 5.74) is 1.73. The first-order valence-electron chi connectivity index (χ1n) is 8.58. The lowest BCUT2D eigenvalue weighted by Crippen LogP contribution is -2.44. The maximum absolute atomic E-state index is 13.3. The highest BCUT2D eigenvalue weighted by Crippen LogP contribution is 2.25. The molecule has 2 amide bonds. The zero-order valence-electron chi connectivity index (χ0n) is 14.9. The lowest BCUT2D eigenvalue weighted by molar-refractivity contribution is -0.119. The Labute approximate surface area is 163 Å². The van der Waals surface area contributed by atoms with Crippen LogP contribution in [0.4, 0.5) is 10.1 Å². The van der Waals surface area contributed by atoms with Crippen molar-refractivity contribution in [2.75, 3.05) is 16.9 Å². The summed E-state index contributed by atoms with van der Waals surface area (Å²) in [6.07, 6.45) is 0. The van der Waals surface area contributed by atoms with Gasteiger partial charge in [-0.05, 0) is 36.4 Å². The molecule has 28 heavy (non-hydrogen) atoms. The first kappa shape index (κ1) is 18.3. The number of hydrogen-bond donors (Lipinski definition) is 2. The molecule has 1 atom stereocenters. The van der Waals surface area contributed by atoms with Crippen LogP contribution in [0.2, 0.25) is 0 Å². The number of aromatic amines is 1. The van der Waals surface area contributed by atoms with E-state index in [0.29, 0.717) is 33.9 Å². The zero-order chi connectivity index (χ0) is 19.8. The summed E-state index contributed by atoms with van der Waals surface area (Å²) in [6.45, 7) is 0. The largest absolute Gasteiger partial charge is 0.326 e. The number of benzene rings is 2. The smallest absolute Gasteiger partial charge is 0.324 e. The van der Waals surface area contributed by atoms with Crippen molar-refractivity contribution in [1.29, 1.82) is 0 Å². The van der Waals surface area contributed by atoms with Crippen LogP contribution in [-0.4, -0.2) is 43.9 Å². The summed E-state index contributed by atoms with van der Waals surface area (Å²) in [7, 11) is 1.65. The maximum Gasteiger partial charge on any atom is 0.326 e. The van der Waals surface area contributed by atoms with E-state index in [4.69, 9.17) is 0 Å². The monoisotopic (exact) mass is 400 g/mol. The summed E-state index contributed by atoms with van der Waals surface area (Å²) in [4.78, 5) is 41.6. The number of nitrogens with zero attached hydrogens (tertiary/aromatic N) is 2. The standard InChI is InChI=1S/C19H17FN4O3S/c1-23-15-6-5-11(7-14(15)22-19(23)27)18(26)24-10-28-9-16(24)17(25)21-13-4-2-3-12(20)8-13/h2-8,16H,9-10H2,1H3,(H,21,25)(H,22,27). The molecular weight excluding hydrogens is 383 g/mol. The van der Waals surface area contributed by atoms with Gasteiger partial charge in [-0.2, -0.15) is 0 Å². The summed E-state index contributed by atoms with van der Waals surface area (Å²) in [6, 6.07) is 9.91. The number of anilines is 1. The minimum absolute atomic E-state index is 0.260. The van der Waals surface area contributed by atoms with Gasteiger partial charge in [0.05, 0.1) is 16.9 Å². The highest BCUT2D eigenvalue weighted by atomic mass is 32.2. The molecule has 1 aromatic heterocycles. The third-order valence-electron chi connectivity index (χ3n) is 4.69. The topological polar surface area (TPSA) is 87.2 Å². The van der Waals surface area contributed by atoms with Crippen molar-refractivity contribution < 1.29 is 14.0 Å². The molecule has 0 saturated carbocycles. The minimum atomic E-state index is -0.661. The normalized spacial score (nSPS) is 16.5. The van der Waals surface area contributed by atoms with Crippen molar-refractivity contribution in [2.24, 2.45) is 7.05 Å². The van der Waals surface area contributed by atoms with Gasteiger partial charge < -0.3 is 15.2 Å². The van der Waals surface area contributed by atoms with Gasteiger partial charge in [0.1, 0.15) is 11.9 Å². The lowest BCUT2D eigenvalue weighted by Gasteiger charge is -2.23. The fourth-order valence-corrected chi connectivity index (χ4v) is 4.34. The SMILES string of the molecule is Cn1c(=O)[nH]c2cc(C(=O)N3CSCC3C(=O)Nc3cccc(F)c3)ccc21. The Morgan fingerprint density at radius 2 is 2.07 bits per heavy atom. The zero-order valence-corrected chi connectivity index (χ0v) is 15.8. The Kier molecular flexibility index (Phi) is 4.68. The number of nitrogens with one attached hydrogen (secondary N) is 2. The van der Waals surface area contributed by atoms with Gasteiger partial charge >= 0.3 is 5.69 Å². The van der Waals surface area contributed by atoms with Gasteiger partial charge in [-0.1, -0.05) is 6.07 Å². The van der Waals surface area contributed by atoms with Crippen LogP contribution < -0.4 is 11.0 Å². The van der Waals surface area contributed by atoms with E-state index in [1.165, 1.54) is 39.4 Å². The van der Waals surface area contributed by atoms with Crippen LogP contribution in [0.5, 0.6) is 0 Å². The fourth-order valence-electron chi connectivity index (χ4n) is 3.19. The molecule has 3 aromatic rings. The number of aryl methyl sites for hydroxylation is 1. The number of aromatic nitrogens is 2. The molecule has 144 valence electrons. The third-order valence-corrected chi connectivity index (χ3v) is 5.70. The number of fused-ring (bicyclic) bond motifs is 1. The molecule has 1 aliphatic heterocycles. The number of H-pyrrole nitrogens is 1. The molecule has 2 N–H and O–H groups in total. The van der Waals surface area contributed by atoms with E-state index in [2.05, 4.69) is 10.3 Å². The number of amides is 2. The van der Waals surface area contributed by atoms with Crippen molar-refractivity contribution in [1.82, 2.24) is 14.5 Å². The number of thioether (sulfide) groups is 1. The number of halogens is 1. The molecule has 7 nitrogen and oxygen atoms in total. The highest BCUT2D eigenvalue weighted by molar-refractivity contribution is 7.99. The summed E-state index contributed by atoms with van der Waals surface area (Å²) in [5, 5.41) is 2.66. The van der Waals surface area contributed by atoms with Gasteiger partial charge in [0, 0.05) is 24.1 Å². The Morgan fingerprint density at radius 3 is 2.86 bits per heavy atom. The van der Waals surface area contributed by atoms with Gasteiger partial charge in [-0.25, -0.2) is 9.18 Å². The Morgan fingerprint density at radius 1 is 1.25 bits per heavy atom. The second-order valence-corrected chi connectivity index (χ2v) is 7.51. The van der Waals surface area contributed by atoms with Crippen LogP contribution in [0.25, 0.3) is 11.0 Å². The van der Waals surface area contributed by atoms with E-state index in [9.17, 15) is 18.8 Å². The van der Waals surface area contributed by atoms with E-state index in [1.807, 2.05) is 0 Å². The van der Waals surface area contributed by atoms with Crippen molar-refractivity contribution in [3.8, 4) is 0 Å². The van der Waals surface area contributed by atoms with E-state index < -0.39 is 11.9 Å². The van der Waals surface area contributed by atoms with Gasteiger partial charge in [-0.3, -0.25) is 14.2 Å². The quantitative estimate of drug-likeness (QED) is 0.705. The van der Waals surface area contributed by atoms with E-state index in [0.717, 1.165) is 0 Å². The van der Waals surface area contributed by atoms with Crippen LogP contribution in [-0.2, 0) is 11.8 Å². The van der Waals surface area contributed by atoms with Crippen molar-refractivity contribution in [3.63, 3.8) is 0 Å². The summed E-state index contributed by atoms with van der Waals surface area (Å²) in [5.74, 6) is -0.272. The molecule has 1 saturated heterocycles. The highest BCUT2D eigenvalue weighted by Gasteiger charge is 2.35. The van der Waals surface area contributed by atoms with Crippen LogP contribution in [0.1, 0.15) is 10.4 Å². The number of carbonyl (C=O) groups excluding carboxylic acids is 2. The Balaban J connectivity index is 1.56. The third kappa shape index (κ3) is 3.29. The van der Waals surface area contributed by atoms with Crippen molar-refractivity contribution in [2.45, 2.75) is 6.04 Å². The maximum atomic E-state index is 13.3. The average molecular weight is 400 g/mol. The molecule has 2 heterocycles. The summed E-state index contributed by atoms with van der Waals surface area (Å²) < 4.78 is 14.8. The first-order valence-corrected chi connectivity index (χ1v) is 9.73.